The summed E-state index contributed by atoms with van der Waals surface area (Å²) in [5.41, 5.74) is 1.17. The van der Waals surface area contributed by atoms with Crippen molar-refractivity contribution in [3.8, 4) is 0 Å². The van der Waals surface area contributed by atoms with E-state index in [4.69, 9.17) is 0 Å². The monoisotopic (exact) mass is 277 g/mol. The molecule has 0 radical (unpaired) electrons. The number of hydrogen-bond acceptors (Lipinski definition) is 4. The van der Waals surface area contributed by atoms with Gasteiger partial charge < -0.3 is 10.2 Å². The zero-order valence-corrected chi connectivity index (χ0v) is 12.5. The van der Waals surface area contributed by atoms with Gasteiger partial charge in [-0.05, 0) is 43.6 Å². The highest BCUT2D eigenvalue weighted by Crippen LogP contribution is 2.29. The minimum Gasteiger partial charge on any atom is -0.380 e. The van der Waals surface area contributed by atoms with Crippen LogP contribution in [0, 0.1) is 0 Å². The van der Waals surface area contributed by atoms with Crippen molar-refractivity contribution in [2.24, 2.45) is 0 Å². The minimum absolute atomic E-state index is 0.604. The summed E-state index contributed by atoms with van der Waals surface area (Å²) in [5.74, 6) is 2.41. The second-order valence-electron chi connectivity index (χ2n) is 5.57. The average molecular weight is 277 g/mol. The molecule has 0 saturated carbocycles. The molecule has 1 aromatic rings. The van der Waals surface area contributed by atoms with Gasteiger partial charge in [0.2, 0.25) is 0 Å². The molecule has 0 aliphatic carbocycles. The molecular formula is C15H23N3S. The lowest BCUT2D eigenvalue weighted by molar-refractivity contribution is 0.573. The fourth-order valence-electron chi connectivity index (χ4n) is 2.92. The molecule has 1 aromatic heterocycles. The number of hydrogen-bond donors (Lipinski definition) is 1. The topological polar surface area (TPSA) is 28.2 Å². The average Bonchev–Trinajstić information content (AvgIpc) is 2.86. The Morgan fingerprint density at radius 2 is 2.11 bits per heavy atom. The summed E-state index contributed by atoms with van der Waals surface area (Å²) >= 11 is 2.06. The molecule has 3 heterocycles. The Balaban J connectivity index is 1.61. The Morgan fingerprint density at radius 3 is 2.74 bits per heavy atom. The number of piperidine rings is 1. The fraction of sp³-hybridized carbons (Fsp3) is 0.667. The molecule has 2 aliphatic rings. The van der Waals surface area contributed by atoms with Crippen LogP contribution < -0.4 is 10.2 Å². The summed E-state index contributed by atoms with van der Waals surface area (Å²) in [6, 6.07) is 4.96. The third-order valence-electron chi connectivity index (χ3n) is 4.16. The minimum atomic E-state index is 0.604. The molecule has 1 N–H and O–H groups in total. The Hall–Kier alpha value is -0.900. The van der Waals surface area contributed by atoms with E-state index in [0.717, 1.165) is 18.9 Å². The molecular weight excluding hydrogens is 254 g/mol. The number of anilines is 2. The molecule has 104 valence electrons. The number of aromatic nitrogens is 1. The molecule has 0 aromatic carbocycles. The van der Waals surface area contributed by atoms with Crippen LogP contribution >= 0.6 is 11.8 Å². The third kappa shape index (κ3) is 3.16. The zero-order chi connectivity index (χ0) is 13.1. The molecule has 2 unspecified atom stereocenters. The van der Waals surface area contributed by atoms with Crippen LogP contribution in [0.4, 0.5) is 11.5 Å². The summed E-state index contributed by atoms with van der Waals surface area (Å²) in [7, 11) is 0. The highest BCUT2D eigenvalue weighted by atomic mass is 32.2. The van der Waals surface area contributed by atoms with Crippen molar-refractivity contribution >= 4 is 23.3 Å². The predicted molar refractivity (Wildman–Crippen MR) is 84.2 cm³/mol. The Kier molecular flexibility index (Phi) is 4.16. The molecule has 3 rings (SSSR count). The van der Waals surface area contributed by atoms with Crippen LogP contribution in [0.25, 0.3) is 0 Å². The van der Waals surface area contributed by atoms with Gasteiger partial charge in [0, 0.05) is 24.4 Å². The first kappa shape index (κ1) is 13.1. The van der Waals surface area contributed by atoms with Crippen LogP contribution in [0.2, 0.25) is 0 Å². The van der Waals surface area contributed by atoms with Crippen molar-refractivity contribution in [2.45, 2.75) is 43.9 Å². The molecule has 2 aliphatic heterocycles. The second-order valence-corrected chi connectivity index (χ2v) is 7.05. The van der Waals surface area contributed by atoms with Crippen LogP contribution in [0.5, 0.6) is 0 Å². The summed E-state index contributed by atoms with van der Waals surface area (Å²) in [4.78, 5) is 7.03. The molecule has 0 spiro atoms. The molecule has 2 fully saturated rings. The lowest BCUT2D eigenvalue weighted by Crippen LogP contribution is -2.30. The van der Waals surface area contributed by atoms with E-state index in [-0.39, 0.29) is 0 Å². The fourth-order valence-corrected chi connectivity index (χ4v) is 4.12. The van der Waals surface area contributed by atoms with Gasteiger partial charge in [-0.1, -0.05) is 6.92 Å². The molecule has 3 nitrogen and oxygen atoms in total. The summed E-state index contributed by atoms with van der Waals surface area (Å²) in [5, 5.41) is 4.33. The van der Waals surface area contributed by atoms with Crippen LogP contribution in [-0.2, 0) is 0 Å². The van der Waals surface area contributed by atoms with Gasteiger partial charge in [-0.2, -0.15) is 11.8 Å². The maximum absolute atomic E-state index is 4.63. The van der Waals surface area contributed by atoms with E-state index in [0.29, 0.717) is 11.3 Å². The van der Waals surface area contributed by atoms with Crippen molar-refractivity contribution in [3.63, 3.8) is 0 Å². The van der Waals surface area contributed by atoms with Crippen LogP contribution in [-0.4, -0.2) is 35.1 Å². The SMILES string of the molecule is CC1SCCC1Nc1ccc(N2CCCCC2)nc1. The van der Waals surface area contributed by atoms with Crippen molar-refractivity contribution in [3.05, 3.63) is 18.3 Å². The smallest absolute Gasteiger partial charge is 0.128 e. The van der Waals surface area contributed by atoms with Gasteiger partial charge in [-0.15, -0.1) is 0 Å². The molecule has 0 amide bonds. The summed E-state index contributed by atoms with van der Waals surface area (Å²) in [6.07, 6.45) is 7.24. The second kappa shape index (κ2) is 6.04. The summed E-state index contributed by atoms with van der Waals surface area (Å²) in [6.45, 7) is 4.64. The lowest BCUT2D eigenvalue weighted by atomic mass is 10.1. The normalized spacial score (nSPS) is 27.5. The predicted octanol–water partition coefficient (Wildman–Crippen LogP) is 3.38. The molecule has 2 saturated heterocycles. The quantitative estimate of drug-likeness (QED) is 0.917. The molecule has 2 atom stereocenters. The van der Waals surface area contributed by atoms with E-state index < -0.39 is 0 Å². The largest absolute Gasteiger partial charge is 0.380 e. The maximum Gasteiger partial charge on any atom is 0.128 e. The highest BCUT2D eigenvalue weighted by molar-refractivity contribution is 8.00. The van der Waals surface area contributed by atoms with Gasteiger partial charge in [0.15, 0.2) is 0 Å². The Morgan fingerprint density at radius 1 is 1.26 bits per heavy atom. The van der Waals surface area contributed by atoms with E-state index >= 15 is 0 Å². The standard InChI is InChI=1S/C15H23N3S/c1-12-14(7-10-19-12)17-13-5-6-15(16-11-13)18-8-3-2-4-9-18/h5-6,11-12,14,17H,2-4,7-10H2,1H3. The number of pyridine rings is 1. The Labute approximate surface area is 120 Å². The van der Waals surface area contributed by atoms with E-state index in [1.165, 1.54) is 37.1 Å². The molecule has 4 heteroatoms. The van der Waals surface area contributed by atoms with Crippen LogP contribution in [0.15, 0.2) is 18.3 Å². The summed E-state index contributed by atoms with van der Waals surface area (Å²) < 4.78 is 0. The van der Waals surface area contributed by atoms with Crippen molar-refractivity contribution in [2.75, 3.05) is 29.1 Å². The van der Waals surface area contributed by atoms with Gasteiger partial charge in [0.1, 0.15) is 5.82 Å². The first-order valence-electron chi connectivity index (χ1n) is 7.42. The molecule has 0 bridgehead atoms. The van der Waals surface area contributed by atoms with E-state index in [1.54, 1.807) is 0 Å². The van der Waals surface area contributed by atoms with Crippen molar-refractivity contribution in [1.82, 2.24) is 4.98 Å². The van der Waals surface area contributed by atoms with Gasteiger partial charge in [-0.3, -0.25) is 0 Å². The number of nitrogens with zero attached hydrogens (tertiary/aromatic N) is 2. The van der Waals surface area contributed by atoms with Gasteiger partial charge in [-0.25, -0.2) is 4.98 Å². The highest BCUT2D eigenvalue weighted by Gasteiger charge is 2.23. The van der Waals surface area contributed by atoms with Gasteiger partial charge in [0.05, 0.1) is 11.9 Å². The lowest BCUT2D eigenvalue weighted by Gasteiger charge is -2.28. The first-order chi connectivity index (χ1) is 9.33. The number of thioether (sulfide) groups is 1. The van der Waals surface area contributed by atoms with Gasteiger partial charge >= 0.3 is 0 Å². The maximum atomic E-state index is 4.63. The first-order valence-corrected chi connectivity index (χ1v) is 8.47. The number of rotatable bonds is 3. The van der Waals surface area contributed by atoms with Crippen molar-refractivity contribution < 1.29 is 0 Å². The third-order valence-corrected chi connectivity index (χ3v) is 5.48. The van der Waals surface area contributed by atoms with E-state index in [9.17, 15) is 0 Å². The van der Waals surface area contributed by atoms with E-state index in [1.807, 2.05) is 6.20 Å². The zero-order valence-electron chi connectivity index (χ0n) is 11.6. The van der Waals surface area contributed by atoms with E-state index in [2.05, 4.69) is 46.0 Å². The van der Waals surface area contributed by atoms with Crippen LogP contribution in [0.3, 0.4) is 0 Å². The van der Waals surface area contributed by atoms with Gasteiger partial charge in [0.25, 0.3) is 0 Å². The Bertz CT molecular complexity index is 400. The molecule has 19 heavy (non-hydrogen) atoms. The van der Waals surface area contributed by atoms with Crippen LogP contribution in [0.1, 0.15) is 32.6 Å². The van der Waals surface area contributed by atoms with Crippen molar-refractivity contribution in [1.29, 1.82) is 0 Å². The number of nitrogens with one attached hydrogen (secondary N) is 1.